The molecule has 1 atom stereocenters. The first kappa shape index (κ1) is 21.9. The molecule has 3 heteroatoms. The van der Waals surface area contributed by atoms with Crippen molar-refractivity contribution in [1.29, 1.82) is 0 Å². The van der Waals surface area contributed by atoms with Crippen LogP contribution in [0.2, 0.25) is 6.55 Å². The predicted octanol–water partition coefficient (Wildman–Crippen LogP) is 6.54. The van der Waals surface area contributed by atoms with E-state index in [1.165, 1.54) is 64.2 Å². The van der Waals surface area contributed by atoms with E-state index in [9.17, 15) is 0 Å². The minimum absolute atomic E-state index is 0.829. The van der Waals surface area contributed by atoms with Crippen molar-refractivity contribution in [3.8, 4) is 0 Å². The minimum Gasteiger partial charge on any atom is -0.391 e. The van der Waals surface area contributed by atoms with E-state index in [1.807, 2.05) is 5.70 Å². The van der Waals surface area contributed by atoms with Gasteiger partial charge in [-0.2, -0.15) is 0 Å². The predicted molar refractivity (Wildman–Crippen MR) is 100 cm³/mol. The van der Waals surface area contributed by atoms with Crippen LogP contribution < -0.4 is 0 Å². The molecule has 0 bridgehead atoms. The van der Waals surface area contributed by atoms with Crippen LogP contribution in [0, 0.1) is 0 Å². The van der Waals surface area contributed by atoms with Gasteiger partial charge in [0.15, 0.2) is 0 Å². The number of rotatable bonds is 17. The topological polar surface area (TPSA) is 18.5 Å². The number of unbranched alkanes of at least 4 members (excludes halogenated alkanes) is 10. The molecule has 1 unspecified atom stereocenters. The third kappa shape index (κ3) is 13.5. The summed E-state index contributed by atoms with van der Waals surface area (Å²) in [6.45, 7) is 12.2. The zero-order valence-electron chi connectivity index (χ0n) is 15.5. The van der Waals surface area contributed by atoms with Crippen molar-refractivity contribution in [2.45, 2.75) is 97.4 Å². The Morgan fingerprint density at radius 2 is 1.05 bits per heavy atom. The normalized spacial score (nSPS) is 14.0. The molecular formula is C19H40O2Si. The van der Waals surface area contributed by atoms with E-state index in [4.69, 9.17) is 8.85 Å². The van der Waals surface area contributed by atoms with Gasteiger partial charge in [0.25, 0.3) is 0 Å². The molecule has 0 amide bonds. The molecule has 0 aliphatic carbocycles. The molecule has 0 spiro atoms. The van der Waals surface area contributed by atoms with Crippen LogP contribution in [-0.4, -0.2) is 21.8 Å². The summed E-state index contributed by atoms with van der Waals surface area (Å²) >= 11 is 0. The molecule has 0 aromatic carbocycles. The summed E-state index contributed by atoms with van der Waals surface area (Å²) in [4.78, 5) is 0. The molecule has 0 fully saturated rings. The van der Waals surface area contributed by atoms with Crippen LogP contribution in [0.5, 0.6) is 0 Å². The van der Waals surface area contributed by atoms with E-state index >= 15 is 0 Å². The molecule has 0 aromatic heterocycles. The van der Waals surface area contributed by atoms with E-state index in [0.717, 1.165) is 26.1 Å². The Morgan fingerprint density at radius 3 is 1.41 bits per heavy atom. The Morgan fingerprint density at radius 1 is 0.682 bits per heavy atom. The van der Waals surface area contributed by atoms with E-state index in [2.05, 4.69) is 27.0 Å². The van der Waals surface area contributed by atoms with Gasteiger partial charge >= 0.3 is 8.56 Å². The van der Waals surface area contributed by atoms with Crippen molar-refractivity contribution in [3.63, 3.8) is 0 Å². The smallest absolute Gasteiger partial charge is 0.361 e. The highest BCUT2D eigenvalue weighted by Crippen LogP contribution is 2.13. The van der Waals surface area contributed by atoms with Crippen molar-refractivity contribution >= 4 is 8.56 Å². The molecule has 0 aromatic rings. The lowest BCUT2D eigenvalue weighted by molar-refractivity contribution is 0.177. The second-order valence-electron chi connectivity index (χ2n) is 6.45. The molecule has 0 rings (SSSR count). The van der Waals surface area contributed by atoms with Gasteiger partial charge in [0.05, 0.1) is 0 Å². The molecule has 0 saturated heterocycles. The molecule has 2 nitrogen and oxygen atoms in total. The lowest BCUT2D eigenvalue weighted by atomic mass is 10.1. The highest BCUT2D eigenvalue weighted by atomic mass is 28.4. The summed E-state index contributed by atoms with van der Waals surface area (Å²) < 4.78 is 12.1. The Hall–Kier alpha value is -0.123. The van der Waals surface area contributed by atoms with Gasteiger partial charge in [-0.1, -0.05) is 78.1 Å². The van der Waals surface area contributed by atoms with Crippen LogP contribution in [0.3, 0.4) is 0 Å². The van der Waals surface area contributed by atoms with Gasteiger partial charge in [-0.3, -0.25) is 0 Å². The quantitative estimate of drug-likeness (QED) is 0.223. The molecule has 0 saturated carbocycles. The number of hydrogen-bond acceptors (Lipinski definition) is 2. The zero-order chi connectivity index (χ0) is 16.5. The fraction of sp³-hybridized carbons (Fsp3) is 0.895. The fourth-order valence-electron chi connectivity index (χ4n) is 2.47. The van der Waals surface area contributed by atoms with Crippen molar-refractivity contribution in [3.05, 3.63) is 12.3 Å². The highest BCUT2D eigenvalue weighted by Gasteiger charge is 2.26. The zero-order valence-corrected chi connectivity index (χ0v) is 16.5. The van der Waals surface area contributed by atoms with Crippen molar-refractivity contribution in [2.24, 2.45) is 0 Å². The Labute approximate surface area is 140 Å². The summed E-state index contributed by atoms with van der Waals surface area (Å²) in [6, 6.07) is 0. The fourth-order valence-corrected chi connectivity index (χ4v) is 3.89. The molecule has 132 valence electrons. The minimum atomic E-state index is -2.11. The largest absolute Gasteiger partial charge is 0.391 e. The van der Waals surface area contributed by atoms with E-state index in [-0.39, 0.29) is 0 Å². The van der Waals surface area contributed by atoms with Crippen LogP contribution in [0.25, 0.3) is 0 Å². The van der Waals surface area contributed by atoms with Crippen LogP contribution >= 0.6 is 0 Å². The van der Waals surface area contributed by atoms with Crippen LogP contribution in [0.15, 0.2) is 12.3 Å². The second kappa shape index (κ2) is 15.8. The molecule has 22 heavy (non-hydrogen) atoms. The monoisotopic (exact) mass is 328 g/mol. The van der Waals surface area contributed by atoms with E-state index in [1.54, 1.807) is 0 Å². The number of hydrogen-bond donors (Lipinski definition) is 0. The molecule has 0 aliphatic heterocycles. The summed E-state index contributed by atoms with van der Waals surface area (Å²) in [5.74, 6) is 0. The first-order chi connectivity index (χ1) is 10.7. The first-order valence-corrected chi connectivity index (χ1v) is 12.0. The summed E-state index contributed by atoms with van der Waals surface area (Å²) in [7, 11) is -2.11. The van der Waals surface area contributed by atoms with E-state index < -0.39 is 8.56 Å². The van der Waals surface area contributed by atoms with Crippen molar-refractivity contribution < 1.29 is 8.85 Å². The maximum absolute atomic E-state index is 6.03. The molecule has 0 heterocycles. The molecule has 0 N–H and O–H groups in total. The molecule has 0 aliphatic rings. The van der Waals surface area contributed by atoms with Gasteiger partial charge in [-0.15, -0.1) is 6.58 Å². The summed E-state index contributed by atoms with van der Waals surface area (Å²) in [5.41, 5.74) is 1.93. The third-order valence-electron chi connectivity index (χ3n) is 4.14. The Balaban J connectivity index is 3.55. The highest BCUT2D eigenvalue weighted by molar-refractivity contribution is 6.71. The van der Waals surface area contributed by atoms with Gasteiger partial charge < -0.3 is 8.85 Å². The van der Waals surface area contributed by atoms with E-state index in [0.29, 0.717) is 0 Å². The summed E-state index contributed by atoms with van der Waals surface area (Å²) in [5, 5.41) is 0. The molecular weight excluding hydrogens is 288 g/mol. The van der Waals surface area contributed by atoms with Crippen molar-refractivity contribution in [1.82, 2.24) is 0 Å². The average molecular weight is 329 g/mol. The van der Waals surface area contributed by atoms with Gasteiger partial charge in [0.1, 0.15) is 0 Å². The maximum atomic E-state index is 6.03. The Kier molecular flexibility index (Phi) is 15.7. The second-order valence-corrected chi connectivity index (χ2v) is 9.47. The van der Waals surface area contributed by atoms with Crippen molar-refractivity contribution in [2.75, 3.05) is 13.2 Å². The van der Waals surface area contributed by atoms with Gasteiger partial charge in [0.2, 0.25) is 0 Å². The SMILES string of the molecule is C=C[Si](C)(OCCCCCCC)OCCCCCCCCC. The molecule has 0 radical (unpaired) electrons. The Bertz CT molecular complexity index is 246. The maximum Gasteiger partial charge on any atom is 0.361 e. The summed E-state index contributed by atoms with van der Waals surface area (Å²) in [6.07, 6.45) is 15.6. The lowest BCUT2D eigenvalue weighted by Gasteiger charge is -2.23. The standard InChI is InChI=1S/C19H40O2Si/c1-5-8-10-12-13-15-17-19-21-22(4,7-3)20-18-16-14-11-9-6-2/h7H,3,5-6,8-19H2,1-2,4H3. The van der Waals surface area contributed by atoms with Gasteiger partial charge in [0, 0.05) is 13.2 Å². The average Bonchev–Trinajstić information content (AvgIpc) is 2.53. The third-order valence-corrected chi connectivity index (χ3v) is 6.44. The van der Waals surface area contributed by atoms with Crippen LogP contribution in [0.4, 0.5) is 0 Å². The van der Waals surface area contributed by atoms with Crippen LogP contribution in [-0.2, 0) is 8.85 Å². The lowest BCUT2D eigenvalue weighted by Crippen LogP contribution is -2.37. The first-order valence-electron chi connectivity index (χ1n) is 9.60. The van der Waals surface area contributed by atoms with Crippen LogP contribution in [0.1, 0.15) is 90.9 Å². The van der Waals surface area contributed by atoms with Gasteiger partial charge in [-0.05, 0) is 25.1 Å². The van der Waals surface area contributed by atoms with Gasteiger partial charge in [-0.25, -0.2) is 0 Å².